The second kappa shape index (κ2) is 6.77. The van der Waals surface area contributed by atoms with E-state index in [1.165, 1.54) is 0 Å². The summed E-state index contributed by atoms with van der Waals surface area (Å²) in [6, 6.07) is 0.274. The van der Waals surface area contributed by atoms with Crippen LogP contribution in [0.2, 0.25) is 0 Å². The lowest BCUT2D eigenvalue weighted by Gasteiger charge is -2.32. The van der Waals surface area contributed by atoms with Gasteiger partial charge in [0.2, 0.25) is 0 Å². The maximum absolute atomic E-state index is 6.06. The third kappa shape index (κ3) is 4.16. The molecule has 15 heavy (non-hydrogen) atoms. The van der Waals surface area contributed by atoms with Gasteiger partial charge in [-0.25, -0.2) is 0 Å². The Balaban J connectivity index is 2.40. The van der Waals surface area contributed by atoms with Gasteiger partial charge in [-0.1, -0.05) is 12.2 Å². The number of hydrogen-bond acceptors (Lipinski definition) is 3. The van der Waals surface area contributed by atoms with Gasteiger partial charge in [0.05, 0.1) is 6.61 Å². The molecule has 1 aliphatic heterocycles. The van der Waals surface area contributed by atoms with Gasteiger partial charge in [0.1, 0.15) is 0 Å². The summed E-state index contributed by atoms with van der Waals surface area (Å²) in [6.45, 7) is 11.8. The number of nitrogens with zero attached hydrogens (tertiary/aromatic N) is 1. The highest BCUT2D eigenvalue weighted by Crippen LogP contribution is 2.14. The molecule has 1 heterocycles. The van der Waals surface area contributed by atoms with Crippen LogP contribution in [0.4, 0.5) is 0 Å². The number of hydrogen-bond donors (Lipinski definition) is 1. The molecule has 0 amide bonds. The van der Waals surface area contributed by atoms with Gasteiger partial charge < -0.3 is 10.5 Å². The van der Waals surface area contributed by atoms with Crippen molar-refractivity contribution in [3.63, 3.8) is 0 Å². The summed E-state index contributed by atoms with van der Waals surface area (Å²) in [5.74, 6) is 0.443. The Bertz CT molecular complexity index is 196. The van der Waals surface area contributed by atoms with Crippen LogP contribution in [0, 0.1) is 5.92 Å². The van der Waals surface area contributed by atoms with Crippen LogP contribution in [0.15, 0.2) is 25.3 Å². The maximum Gasteiger partial charge on any atom is 0.0521 e. The molecule has 3 nitrogen and oxygen atoms in total. The summed E-state index contributed by atoms with van der Waals surface area (Å²) in [7, 11) is 0. The van der Waals surface area contributed by atoms with Gasteiger partial charge in [-0.05, 0) is 6.42 Å². The molecule has 0 saturated carbocycles. The fourth-order valence-electron chi connectivity index (χ4n) is 1.92. The first-order valence-corrected chi connectivity index (χ1v) is 5.55. The molecule has 2 N–H and O–H groups in total. The predicted octanol–water partition coefficient (Wildman–Crippen LogP) is 1.02. The van der Waals surface area contributed by atoms with Gasteiger partial charge in [-0.3, -0.25) is 4.90 Å². The molecule has 1 aliphatic rings. The predicted molar refractivity (Wildman–Crippen MR) is 63.7 cm³/mol. The molecule has 2 unspecified atom stereocenters. The van der Waals surface area contributed by atoms with Gasteiger partial charge in [-0.2, -0.15) is 0 Å². The minimum Gasteiger partial charge on any atom is -0.381 e. The van der Waals surface area contributed by atoms with Crippen molar-refractivity contribution in [1.82, 2.24) is 4.90 Å². The molecule has 3 heteroatoms. The Morgan fingerprint density at radius 3 is 2.53 bits per heavy atom. The van der Waals surface area contributed by atoms with Crippen LogP contribution in [-0.4, -0.2) is 43.8 Å². The van der Waals surface area contributed by atoms with Crippen molar-refractivity contribution in [3.05, 3.63) is 25.3 Å². The van der Waals surface area contributed by atoms with Crippen LogP contribution < -0.4 is 5.73 Å². The minimum atomic E-state index is 0.274. The first kappa shape index (κ1) is 12.4. The van der Waals surface area contributed by atoms with Gasteiger partial charge in [-0.15, -0.1) is 13.2 Å². The standard InChI is InChI=1S/C12H22N2O/c1-3-6-14(7-4-2)9-11-10-15-8-5-12(11)13/h3-4,11-12H,1-2,5-10,13H2. The van der Waals surface area contributed by atoms with E-state index in [1.807, 2.05) is 12.2 Å². The van der Waals surface area contributed by atoms with E-state index in [2.05, 4.69) is 18.1 Å². The largest absolute Gasteiger partial charge is 0.381 e. The molecular formula is C12H22N2O. The third-order valence-corrected chi connectivity index (χ3v) is 2.80. The Morgan fingerprint density at radius 2 is 2.00 bits per heavy atom. The zero-order valence-electron chi connectivity index (χ0n) is 9.40. The van der Waals surface area contributed by atoms with Crippen molar-refractivity contribution in [2.75, 3.05) is 32.8 Å². The Morgan fingerprint density at radius 1 is 1.33 bits per heavy atom. The minimum absolute atomic E-state index is 0.274. The summed E-state index contributed by atoms with van der Waals surface area (Å²) >= 11 is 0. The highest BCUT2D eigenvalue weighted by Gasteiger charge is 2.23. The SMILES string of the molecule is C=CCN(CC=C)CC1COCCC1N. The zero-order chi connectivity index (χ0) is 11.1. The van der Waals surface area contributed by atoms with Gasteiger partial charge in [0, 0.05) is 38.2 Å². The van der Waals surface area contributed by atoms with E-state index in [-0.39, 0.29) is 6.04 Å². The van der Waals surface area contributed by atoms with Crippen molar-refractivity contribution in [3.8, 4) is 0 Å². The molecule has 1 rings (SSSR count). The molecule has 0 aliphatic carbocycles. The number of ether oxygens (including phenoxy) is 1. The molecule has 0 aromatic rings. The average Bonchev–Trinajstić information content (AvgIpc) is 2.22. The second-order valence-electron chi connectivity index (χ2n) is 4.08. The molecule has 0 radical (unpaired) electrons. The van der Waals surface area contributed by atoms with E-state index < -0.39 is 0 Å². The Labute approximate surface area is 92.6 Å². The van der Waals surface area contributed by atoms with Gasteiger partial charge >= 0.3 is 0 Å². The third-order valence-electron chi connectivity index (χ3n) is 2.80. The van der Waals surface area contributed by atoms with E-state index in [4.69, 9.17) is 10.5 Å². The molecule has 1 fully saturated rings. The summed E-state index contributed by atoms with van der Waals surface area (Å²) in [5, 5.41) is 0. The van der Waals surface area contributed by atoms with Crippen LogP contribution in [0.3, 0.4) is 0 Å². The summed E-state index contributed by atoms with van der Waals surface area (Å²) in [6.07, 6.45) is 4.80. The number of rotatable bonds is 6. The van der Waals surface area contributed by atoms with Crippen LogP contribution >= 0.6 is 0 Å². The Kier molecular flexibility index (Phi) is 5.61. The Hall–Kier alpha value is -0.640. The fraction of sp³-hybridized carbons (Fsp3) is 0.667. The fourth-order valence-corrected chi connectivity index (χ4v) is 1.92. The van der Waals surface area contributed by atoms with Gasteiger partial charge in [0.25, 0.3) is 0 Å². The second-order valence-corrected chi connectivity index (χ2v) is 4.08. The smallest absolute Gasteiger partial charge is 0.0521 e. The lowest BCUT2D eigenvalue weighted by atomic mass is 9.96. The van der Waals surface area contributed by atoms with E-state index in [1.54, 1.807) is 0 Å². The van der Waals surface area contributed by atoms with E-state index in [9.17, 15) is 0 Å². The van der Waals surface area contributed by atoms with Crippen molar-refractivity contribution in [1.29, 1.82) is 0 Å². The van der Waals surface area contributed by atoms with Crippen LogP contribution in [-0.2, 0) is 4.74 Å². The summed E-state index contributed by atoms with van der Waals surface area (Å²) < 4.78 is 5.45. The highest BCUT2D eigenvalue weighted by molar-refractivity contribution is 4.85. The molecule has 0 aromatic carbocycles. The monoisotopic (exact) mass is 210 g/mol. The molecule has 0 spiro atoms. The summed E-state index contributed by atoms with van der Waals surface area (Å²) in [4.78, 5) is 2.29. The molecule has 86 valence electrons. The van der Waals surface area contributed by atoms with Crippen LogP contribution in [0.25, 0.3) is 0 Å². The quantitative estimate of drug-likeness (QED) is 0.665. The topological polar surface area (TPSA) is 38.5 Å². The lowest BCUT2D eigenvalue weighted by Crippen LogP contribution is -2.45. The van der Waals surface area contributed by atoms with E-state index in [0.717, 1.165) is 39.3 Å². The van der Waals surface area contributed by atoms with E-state index >= 15 is 0 Å². The molecule has 2 atom stereocenters. The van der Waals surface area contributed by atoms with Crippen molar-refractivity contribution in [2.24, 2.45) is 11.7 Å². The molecule has 1 saturated heterocycles. The lowest BCUT2D eigenvalue weighted by molar-refractivity contribution is 0.0290. The van der Waals surface area contributed by atoms with Crippen molar-refractivity contribution in [2.45, 2.75) is 12.5 Å². The number of nitrogens with two attached hydrogens (primary N) is 1. The normalized spacial score (nSPS) is 26.5. The first-order chi connectivity index (χ1) is 7.27. The first-order valence-electron chi connectivity index (χ1n) is 5.55. The van der Waals surface area contributed by atoms with Crippen LogP contribution in [0.1, 0.15) is 6.42 Å². The molecular weight excluding hydrogens is 188 g/mol. The summed E-state index contributed by atoms with van der Waals surface area (Å²) in [5.41, 5.74) is 6.06. The van der Waals surface area contributed by atoms with Crippen LogP contribution in [0.5, 0.6) is 0 Å². The maximum atomic E-state index is 6.06. The van der Waals surface area contributed by atoms with Crippen molar-refractivity contribution >= 4 is 0 Å². The van der Waals surface area contributed by atoms with Crippen molar-refractivity contribution < 1.29 is 4.74 Å². The zero-order valence-corrected chi connectivity index (χ0v) is 9.40. The van der Waals surface area contributed by atoms with Gasteiger partial charge in [0.15, 0.2) is 0 Å². The average molecular weight is 210 g/mol. The molecule has 0 bridgehead atoms. The van der Waals surface area contributed by atoms with E-state index in [0.29, 0.717) is 5.92 Å². The molecule has 0 aromatic heterocycles. The highest BCUT2D eigenvalue weighted by atomic mass is 16.5.